The Hall–Kier alpha value is -5.65. The number of nitrogens with zero attached hydrogens (tertiary/aromatic N) is 2. The van der Waals surface area contributed by atoms with E-state index in [-0.39, 0.29) is 50.2 Å². The third kappa shape index (κ3) is 9.23. The Balaban J connectivity index is 1.05. The summed E-state index contributed by atoms with van der Waals surface area (Å²) in [5.41, 5.74) is 7.35. The van der Waals surface area contributed by atoms with Crippen LogP contribution in [0.2, 0.25) is 0 Å². The van der Waals surface area contributed by atoms with Gasteiger partial charge in [0.05, 0.1) is 31.8 Å². The zero-order chi connectivity index (χ0) is 39.0. The molecule has 2 saturated heterocycles. The minimum absolute atomic E-state index is 0.0239. The van der Waals surface area contributed by atoms with E-state index in [0.717, 1.165) is 45.5 Å². The van der Waals surface area contributed by atoms with Gasteiger partial charge in [-0.05, 0) is 46.0 Å². The van der Waals surface area contributed by atoms with E-state index < -0.39 is 24.3 Å². The second kappa shape index (κ2) is 17.9. The molecule has 288 valence electrons. The molecule has 5 aromatic rings. The van der Waals surface area contributed by atoms with Crippen molar-refractivity contribution in [2.45, 2.75) is 64.2 Å². The molecule has 2 aliphatic heterocycles. The van der Waals surface area contributed by atoms with Crippen molar-refractivity contribution in [3.05, 3.63) is 167 Å². The summed E-state index contributed by atoms with van der Waals surface area (Å²) < 4.78 is 18.7. The maximum absolute atomic E-state index is 13.4. The Morgan fingerprint density at radius 1 is 0.804 bits per heavy atom. The van der Waals surface area contributed by atoms with Gasteiger partial charge >= 0.3 is 6.09 Å². The second-order valence-corrected chi connectivity index (χ2v) is 14.6. The van der Waals surface area contributed by atoms with Crippen LogP contribution in [0.3, 0.4) is 0 Å². The number of ether oxygens (including phenoxy) is 3. The smallest absolute Gasteiger partial charge is 0.408 e. The van der Waals surface area contributed by atoms with Crippen molar-refractivity contribution in [3.63, 3.8) is 0 Å². The molecule has 0 aromatic heterocycles. The molecule has 2 fully saturated rings. The molecule has 2 N–H and O–H groups in total. The van der Waals surface area contributed by atoms with Gasteiger partial charge < -0.3 is 24.6 Å². The summed E-state index contributed by atoms with van der Waals surface area (Å²) in [7, 11) is 2.10. The van der Waals surface area contributed by atoms with Gasteiger partial charge in [0.1, 0.15) is 12.6 Å². The van der Waals surface area contributed by atoms with Crippen LogP contribution in [0.15, 0.2) is 133 Å². The Kier molecular flexibility index (Phi) is 12.3. The summed E-state index contributed by atoms with van der Waals surface area (Å²) in [5, 5.41) is 12.2. The van der Waals surface area contributed by atoms with Crippen LogP contribution in [0.1, 0.15) is 59.1 Å². The highest BCUT2D eigenvalue weighted by atomic mass is 16.7. The maximum atomic E-state index is 13.4. The molecular weight excluding hydrogens is 707 g/mol. The van der Waals surface area contributed by atoms with Gasteiger partial charge in [-0.3, -0.25) is 19.4 Å². The van der Waals surface area contributed by atoms with Gasteiger partial charge in [0.25, 0.3) is 5.91 Å². The molecule has 5 aromatic carbocycles. The molecule has 10 nitrogen and oxygen atoms in total. The van der Waals surface area contributed by atoms with Crippen molar-refractivity contribution in [1.29, 1.82) is 0 Å². The van der Waals surface area contributed by atoms with E-state index in [4.69, 9.17) is 14.2 Å². The van der Waals surface area contributed by atoms with Crippen LogP contribution in [0.4, 0.5) is 4.79 Å². The Morgan fingerprint density at radius 3 is 2.14 bits per heavy atom. The van der Waals surface area contributed by atoms with Crippen molar-refractivity contribution >= 4 is 17.9 Å². The molecule has 7 rings (SSSR count). The largest absolute Gasteiger partial charge is 0.445 e. The average Bonchev–Trinajstić information content (AvgIpc) is 3.48. The molecule has 2 heterocycles. The lowest BCUT2D eigenvalue weighted by Gasteiger charge is -2.42. The van der Waals surface area contributed by atoms with Crippen molar-refractivity contribution in [2.24, 2.45) is 5.92 Å². The number of imide groups is 1. The molecule has 56 heavy (non-hydrogen) atoms. The van der Waals surface area contributed by atoms with Gasteiger partial charge in [-0.25, -0.2) is 4.79 Å². The highest BCUT2D eigenvalue weighted by molar-refractivity contribution is 6.06. The number of likely N-dealkylation sites (N-methyl/N-ethyl adjacent to an activating group) is 1. The molecule has 5 atom stereocenters. The van der Waals surface area contributed by atoms with E-state index in [2.05, 4.69) is 36.3 Å². The molecule has 0 bridgehead atoms. The molecule has 0 saturated carbocycles. The SMILES string of the molecule is CC1C(CN(C)Cc2ccccc2)OC(c2ccc(-c3ccccc3CN3C(=O)CC(NC(=O)OCc4ccccc4)C3=O)cc2)OC1c1ccc(CO)cc1. The lowest BCUT2D eigenvalue weighted by Crippen LogP contribution is -2.43. The van der Waals surface area contributed by atoms with E-state index >= 15 is 0 Å². The summed E-state index contributed by atoms with van der Waals surface area (Å²) in [4.78, 5) is 42.4. The van der Waals surface area contributed by atoms with Crippen LogP contribution in [0.25, 0.3) is 11.1 Å². The molecule has 0 radical (unpaired) electrons. The van der Waals surface area contributed by atoms with E-state index in [1.54, 1.807) is 0 Å². The Bertz CT molecular complexity index is 2090. The van der Waals surface area contributed by atoms with Gasteiger partial charge in [0.15, 0.2) is 6.29 Å². The number of rotatable bonds is 13. The molecule has 10 heteroatoms. The fourth-order valence-corrected chi connectivity index (χ4v) is 7.39. The zero-order valence-corrected chi connectivity index (χ0v) is 31.6. The standard InChI is InChI=1S/C46H47N3O7/c1-31-41(28-48(2)26-32-11-5-3-6-12-32)55-45(56-43(31)36-19-17-33(29-50)18-20-36)37-23-21-35(22-24-37)39-16-10-9-15-38(39)27-49-42(51)25-40(44(49)52)47-46(53)54-30-34-13-7-4-8-14-34/h3-24,31,40-41,43,45,50H,25-30H2,1-2H3,(H,47,53). The van der Waals surface area contributed by atoms with E-state index in [1.165, 1.54) is 10.5 Å². The normalized spacial score (nSPS) is 21.0. The van der Waals surface area contributed by atoms with E-state index in [1.807, 2.05) is 121 Å². The third-order valence-corrected chi connectivity index (χ3v) is 10.5. The Labute approximate surface area is 327 Å². The number of aliphatic hydroxyl groups is 1. The predicted octanol–water partition coefficient (Wildman–Crippen LogP) is 7.32. The molecule has 5 unspecified atom stereocenters. The van der Waals surface area contributed by atoms with Crippen molar-refractivity contribution in [3.8, 4) is 11.1 Å². The quantitative estimate of drug-likeness (QED) is 0.120. The fourth-order valence-electron chi connectivity index (χ4n) is 7.39. The second-order valence-electron chi connectivity index (χ2n) is 14.6. The number of benzene rings is 5. The highest BCUT2D eigenvalue weighted by Gasteiger charge is 2.41. The van der Waals surface area contributed by atoms with Gasteiger partial charge in [0.2, 0.25) is 5.91 Å². The summed E-state index contributed by atoms with van der Waals surface area (Å²) in [5.74, 6) is -0.789. The first kappa shape index (κ1) is 38.6. The van der Waals surface area contributed by atoms with E-state index in [0.29, 0.717) is 6.54 Å². The van der Waals surface area contributed by atoms with Crippen LogP contribution in [-0.4, -0.2) is 58.6 Å². The first-order valence-electron chi connectivity index (χ1n) is 19.0. The lowest BCUT2D eigenvalue weighted by atomic mass is 9.90. The zero-order valence-electron chi connectivity index (χ0n) is 31.6. The van der Waals surface area contributed by atoms with Gasteiger partial charge in [-0.15, -0.1) is 0 Å². The summed E-state index contributed by atoms with van der Waals surface area (Å²) >= 11 is 0. The van der Waals surface area contributed by atoms with E-state index in [9.17, 15) is 19.5 Å². The van der Waals surface area contributed by atoms with Crippen LogP contribution in [0.5, 0.6) is 0 Å². The number of likely N-dealkylation sites (tertiary alicyclic amines) is 1. The van der Waals surface area contributed by atoms with Gasteiger partial charge in [0, 0.05) is 24.6 Å². The minimum atomic E-state index is -0.992. The number of carbonyl (C=O) groups is 3. The Morgan fingerprint density at radius 2 is 1.45 bits per heavy atom. The number of aliphatic hydroxyl groups excluding tert-OH is 1. The minimum Gasteiger partial charge on any atom is -0.445 e. The van der Waals surface area contributed by atoms with Crippen LogP contribution in [-0.2, 0) is 50.1 Å². The maximum Gasteiger partial charge on any atom is 0.408 e. The van der Waals surface area contributed by atoms with Crippen molar-refractivity contribution < 1.29 is 33.7 Å². The summed E-state index contributed by atoms with van der Waals surface area (Å²) in [6, 6.07) is 42.2. The third-order valence-electron chi connectivity index (χ3n) is 10.5. The lowest BCUT2D eigenvalue weighted by molar-refractivity contribution is -0.276. The number of alkyl carbamates (subject to hydrolysis) is 1. The summed E-state index contributed by atoms with van der Waals surface area (Å²) in [6.07, 6.45) is -1.89. The monoisotopic (exact) mass is 753 g/mol. The van der Waals surface area contributed by atoms with Crippen molar-refractivity contribution in [1.82, 2.24) is 15.1 Å². The predicted molar refractivity (Wildman–Crippen MR) is 211 cm³/mol. The molecule has 3 amide bonds. The highest BCUT2D eigenvalue weighted by Crippen LogP contribution is 2.42. The number of hydrogen-bond acceptors (Lipinski definition) is 8. The molecular formula is C46H47N3O7. The number of amides is 3. The van der Waals surface area contributed by atoms with Crippen LogP contribution < -0.4 is 5.32 Å². The number of hydrogen-bond donors (Lipinski definition) is 2. The van der Waals surface area contributed by atoms with Crippen LogP contribution in [0, 0.1) is 5.92 Å². The average molecular weight is 754 g/mol. The molecule has 0 spiro atoms. The first-order valence-corrected chi connectivity index (χ1v) is 19.0. The topological polar surface area (TPSA) is 118 Å². The van der Waals surface area contributed by atoms with Gasteiger partial charge in [-0.1, -0.05) is 140 Å². The van der Waals surface area contributed by atoms with Crippen molar-refractivity contribution in [2.75, 3.05) is 13.6 Å². The molecule has 0 aliphatic carbocycles. The van der Waals surface area contributed by atoms with Crippen LogP contribution >= 0.6 is 0 Å². The first-order chi connectivity index (χ1) is 27.2. The number of carbonyl (C=O) groups excluding carboxylic acids is 3. The number of nitrogens with one attached hydrogen (secondary N) is 1. The fraction of sp³-hybridized carbons (Fsp3) is 0.283. The molecule has 2 aliphatic rings. The summed E-state index contributed by atoms with van der Waals surface area (Å²) in [6.45, 7) is 3.75. The van der Waals surface area contributed by atoms with Gasteiger partial charge in [-0.2, -0.15) is 0 Å².